The van der Waals surface area contributed by atoms with Gasteiger partial charge in [0.2, 0.25) is 0 Å². The highest BCUT2D eigenvalue weighted by Crippen LogP contribution is 2.24. The Morgan fingerprint density at radius 1 is 1.18 bits per heavy atom. The van der Waals surface area contributed by atoms with Crippen molar-refractivity contribution in [3.63, 3.8) is 0 Å². The second kappa shape index (κ2) is 7.21. The summed E-state index contributed by atoms with van der Waals surface area (Å²) in [5, 5.41) is 0. The van der Waals surface area contributed by atoms with Crippen LogP contribution in [0.1, 0.15) is 61.3 Å². The quantitative estimate of drug-likeness (QED) is 0.574. The Bertz CT molecular complexity index is 416. The van der Waals surface area contributed by atoms with Crippen LogP contribution in [0, 0.1) is 5.92 Å². The fourth-order valence-electron chi connectivity index (χ4n) is 2.15. The van der Waals surface area contributed by atoms with Gasteiger partial charge in [0, 0.05) is 19.0 Å². The van der Waals surface area contributed by atoms with Gasteiger partial charge in [0.25, 0.3) is 0 Å². The number of carbonyl (C=O) groups is 1. The van der Waals surface area contributed by atoms with Crippen LogP contribution in [0.15, 0.2) is 4.40 Å². The molecule has 0 aromatic rings. The van der Waals surface area contributed by atoms with Gasteiger partial charge in [-0.2, -0.15) is 0 Å². The third-order valence-corrected chi connectivity index (χ3v) is 4.99. The summed E-state index contributed by atoms with van der Waals surface area (Å²) in [4.78, 5) is 13.8. The standard InChI is InChI=1S/C16H30N2O3S/c1-12(17-22(20)16(5,6)7)13-8-10-18(11-9-13)14(19)21-15(2,3)4/h13H,8-11H2,1-7H3/b17-12+/t22-/m1/s1. The molecule has 1 heterocycles. The zero-order valence-corrected chi connectivity index (χ0v) is 15.7. The van der Waals surface area contributed by atoms with E-state index in [-0.39, 0.29) is 10.8 Å². The Morgan fingerprint density at radius 2 is 1.68 bits per heavy atom. The molecule has 1 rings (SSSR count). The third kappa shape index (κ3) is 6.16. The Morgan fingerprint density at radius 3 is 2.09 bits per heavy atom. The fourth-order valence-corrected chi connectivity index (χ4v) is 2.83. The number of rotatable bonds is 2. The number of likely N-dealkylation sites (tertiary alicyclic amines) is 1. The normalized spacial score (nSPS) is 20.0. The van der Waals surface area contributed by atoms with Gasteiger partial charge in [-0.05, 0) is 61.3 Å². The highest BCUT2D eigenvalue weighted by atomic mass is 32.2. The van der Waals surface area contributed by atoms with Crippen LogP contribution >= 0.6 is 0 Å². The number of amides is 1. The van der Waals surface area contributed by atoms with Crippen LogP contribution in [0.4, 0.5) is 4.79 Å². The van der Waals surface area contributed by atoms with Crippen molar-refractivity contribution in [1.82, 2.24) is 4.90 Å². The number of hydrogen-bond donors (Lipinski definition) is 0. The predicted octanol–water partition coefficient (Wildman–Crippen LogP) is 3.56. The lowest BCUT2D eigenvalue weighted by Gasteiger charge is -2.33. The van der Waals surface area contributed by atoms with E-state index in [4.69, 9.17) is 4.74 Å². The number of carbonyl (C=O) groups excluding carboxylic acids is 1. The lowest BCUT2D eigenvalue weighted by Crippen LogP contribution is -2.42. The largest absolute Gasteiger partial charge is 0.591 e. The smallest absolute Gasteiger partial charge is 0.410 e. The molecule has 1 saturated heterocycles. The minimum Gasteiger partial charge on any atom is -0.591 e. The van der Waals surface area contributed by atoms with Gasteiger partial charge < -0.3 is 14.2 Å². The van der Waals surface area contributed by atoms with Crippen LogP contribution in [0.5, 0.6) is 0 Å². The summed E-state index contributed by atoms with van der Waals surface area (Å²) in [6.07, 6.45) is 1.44. The van der Waals surface area contributed by atoms with E-state index < -0.39 is 17.0 Å². The van der Waals surface area contributed by atoms with Crippen LogP contribution in [-0.4, -0.2) is 44.7 Å². The number of hydrogen-bond acceptors (Lipinski definition) is 4. The molecule has 128 valence electrons. The van der Waals surface area contributed by atoms with Gasteiger partial charge in [0.15, 0.2) is 0 Å². The van der Waals surface area contributed by atoms with E-state index in [1.54, 1.807) is 4.90 Å². The zero-order chi connectivity index (χ0) is 17.1. The summed E-state index contributed by atoms with van der Waals surface area (Å²) in [6.45, 7) is 14.6. The van der Waals surface area contributed by atoms with Crippen LogP contribution < -0.4 is 0 Å². The third-order valence-electron chi connectivity index (χ3n) is 3.49. The second-order valence-electron chi connectivity index (χ2n) is 7.84. The maximum absolute atomic E-state index is 12.1. The fraction of sp³-hybridized carbons (Fsp3) is 0.875. The van der Waals surface area contributed by atoms with Crippen LogP contribution in [-0.2, 0) is 16.1 Å². The molecule has 1 atom stereocenters. The molecule has 0 radical (unpaired) electrons. The Balaban J connectivity index is 2.55. The Labute approximate surface area is 137 Å². The molecule has 0 aromatic carbocycles. The molecular weight excluding hydrogens is 300 g/mol. The van der Waals surface area contributed by atoms with Gasteiger partial charge in [-0.25, -0.2) is 4.79 Å². The van der Waals surface area contributed by atoms with Crippen molar-refractivity contribution in [2.45, 2.75) is 71.7 Å². The molecule has 0 bridgehead atoms. The summed E-state index contributed by atoms with van der Waals surface area (Å²) in [5.74, 6) is 0.296. The van der Waals surface area contributed by atoms with Gasteiger partial charge in [-0.15, -0.1) is 0 Å². The molecule has 1 aliphatic rings. The van der Waals surface area contributed by atoms with Gasteiger partial charge in [0.05, 0.1) is 5.71 Å². The summed E-state index contributed by atoms with van der Waals surface area (Å²) in [6, 6.07) is 0. The van der Waals surface area contributed by atoms with E-state index in [1.807, 2.05) is 48.5 Å². The molecule has 1 aliphatic heterocycles. The Kier molecular flexibility index (Phi) is 6.33. The lowest BCUT2D eigenvalue weighted by molar-refractivity contribution is 0.0201. The van der Waals surface area contributed by atoms with Gasteiger partial charge in [-0.3, -0.25) is 0 Å². The molecule has 0 aliphatic carbocycles. The SMILES string of the molecule is C/C(=N\[S@+]([O-])C(C)(C)C)C1CCN(C(=O)OC(C)(C)C)CC1. The summed E-state index contributed by atoms with van der Waals surface area (Å²) in [5.41, 5.74) is 0.464. The molecule has 1 fully saturated rings. The van der Waals surface area contributed by atoms with E-state index in [0.29, 0.717) is 19.0 Å². The van der Waals surface area contributed by atoms with Gasteiger partial charge >= 0.3 is 6.09 Å². The highest BCUT2D eigenvalue weighted by molar-refractivity contribution is 7.91. The van der Waals surface area contributed by atoms with Crippen molar-refractivity contribution in [2.75, 3.05) is 13.1 Å². The summed E-state index contributed by atoms with van der Waals surface area (Å²) < 4.78 is 21.5. The van der Waals surface area contributed by atoms with Crippen molar-refractivity contribution in [3.05, 3.63) is 0 Å². The molecular formula is C16H30N2O3S. The average Bonchev–Trinajstić information content (AvgIpc) is 2.35. The maximum Gasteiger partial charge on any atom is 0.410 e. The number of nitrogens with zero attached hydrogens (tertiary/aromatic N) is 2. The van der Waals surface area contributed by atoms with E-state index in [0.717, 1.165) is 18.6 Å². The van der Waals surface area contributed by atoms with Crippen molar-refractivity contribution < 1.29 is 14.1 Å². The van der Waals surface area contributed by atoms with Crippen LogP contribution in [0.2, 0.25) is 0 Å². The number of piperidine rings is 1. The van der Waals surface area contributed by atoms with Crippen molar-refractivity contribution in [1.29, 1.82) is 0 Å². The monoisotopic (exact) mass is 330 g/mol. The van der Waals surface area contributed by atoms with Crippen molar-refractivity contribution in [2.24, 2.45) is 10.3 Å². The first-order valence-electron chi connectivity index (χ1n) is 7.85. The van der Waals surface area contributed by atoms with E-state index in [1.165, 1.54) is 0 Å². The second-order valence-corrected chi connectivity index (χ2v) is 9.74. The molecule has 0 saturated carbocycles. The van der Waals surface area contributed by atoms with Crippen molar-refractivity contribution >= 4 is 23.2 Å². The minimum atomic E-state index is -1.22. The molecule has 6 heteroatoms. The van der Waals surface area contributed by atoms with E-state index in [9.17, 15) is 9.35 Å². The first-order chi connectivity index (χ1) is 9.90. The van der Waals surface area contributed by atoms with Crippen LogP contribution in [0.25, 0.3) is 0 Å². The van der Waals surface area contributed by atoms with Gasteiger partial charge in [0.1, 0.15) is 21.7 Å². The molecule has 0 spiro atoms. The van der Waals surface area contributed by atoms with Crippen molar-refractivity contribution in [3.8, 4) is 0 Å². The van der Waals surface area contributed by atoms with Crippen LogP contribution in [0.3, 0.4) is 0 Å². The molecule has 5 nitrogen and oxygen atoms in total. The molecule has 0 unspecified atom stereocenters. The van der Waals surface area contributed by atoms with E-state index in [2.05, 4.69) is 4.40 Å². The summed E-state index contributed by atoms with van der Waals surface area (Å²) in [7, 11) is 0. The van der Waals surface area contributed by atoms with Gasteiger partial charge in [-0.1, -0.05) is 4.40 Å². The average molecular weight is 330 g/mol. The minimum absolute atomic E-state index is 0.251. The molecule has 22 heavy (non-hydrogen) atoms. The lowest BCUT2D eigenvalue weighted by atomic mass is 9.93. The predicted molar refractivity (Wildman–Crippen MR) is 91.5 cm³/mol. The van der Waals surface area contributed by atoms with E-state index >= 15 is 0 Å². The number of ether oxygens (including phenoxy) is 1. The molecule has 1 amide bonds. The topological polar surface area (TPSA) is 65.0 Å². The first-order valence-corrected chi connectivity index (χ1v) is 8.96. The Hall–Kier alpha value is -0.750. The highest BCUT2D eigenvalue weighted by Gasteiger charge is 2.31. The first kappa shape index (κ1) is 19.3. The molecule has 0 N–H and O–H groups in total. The summed E-state index contributed by atoms with van der Waals surface area (Å²) >= 11 is -1.22. The zero-order valence-electron chi connectivity index (χ0n) is 14.9. The molecule has 0 aromatic heterocycles. The maximum atomic E-state index is 12.1.